The van der Waals surface area contributed by atoms with E-state index in [0.29, 0.717) is 6.54 Å². The van der Waals surface area contributed by atoms with Crippen molar-refractivity contribution in [1.82, 2.24) is 19.4 Å². The molecule has 0 aliphatic carbocycles. The molecular weight excluding hydrogens is 270 g/mol. The maximum Gasteiger partial charge on any atom is 0.246 e. The fourth-order valence-electron chi connectivity index (χ4n) is 1.36. The number of nitrogens with zero attached hydrogens (tertiary/aromatic N) is 3. The molecule has 19 heavy (non-hydrogen) atoms. The van der Waals surface area contributed by atoms with Crippen LogP contribution in [0.25, 0.3) is 0 Å². The van der Waals surface area contributed by atoms with Crippen LogP contribution >= 0.6 is 0 Å². The molecule has 0 atom stereocenters. The van der Waals surface area contributed by atoms with E-state index in [1.165, 1.54) is 15.8 Å². The lowest BCUT2D eigenvalue weighted by Crippen LogP contribution is -2.36. The van der Waals surface area contributed by atoms with E-state index >= 15 is 0 Å². The number of hydrogen-bond donors (Lipinski definition) is 2. The largest absolute Gasteiger partial charge is 0.381 e. The van der Waals surface area contributed by atoms with Crippen molar-refractivity contribution < 1.29 is 13.2 Å². The molecule has 0 aliphatic heterocycles. The number of sulfonamides is 1. The monoisotopic (exact) mass is 289 g/mol. The summed E-state index contributed by atoms with van der Waals surface area (Å²) in [7, 11) is -0.731. The van der Waals surface area contributed by atoms with Gasteiger partial charge in [0.1, 0.15) is 4.90 Å². The molecule has 0 bridgehead atoms. The molecule has 1 rings (SSSR count). The van der Waals surface area contributed by atoms with Gasteiger partial charge in [-0.25, -0.2) is 13.1 Å². The first-order chi connectivity index (χ1) is 8.77. The predicted molar refractivity (Wildman–Crippen MR) is 70.8 cm³/mol. The SMILES string of the molecule is CCCn1cc(S(=O)(=O)NCC(=O)N(C)C)c(N)n1. The number of likely N-dealkylation sites (N-methyl/N-ethyl adjacent to an activating group) is 1. The molecule has 1 aromatic rings. The Labute approximate surface area is 112 Å². The molecule has 1 heterocycles. The molecule has 0 fully saturated rings. The van der Waals surface area contributed by atoms with Gasteiger partial charge in [-0.2, -0.15) is 5.10 Å². The number of aryl methyl sites for hydroxylation is 1. The van der Waals surface area contributed by atoms with Crippen molar-refractivity contribution in [2.24, 2.45) is 0 Å². The number of nitrogen functional groups attached to an aromatic ring is 1. The van der Waals surface area contributed by atoms with E-state index in [4.69, 9.17) is 5.73 Å². The Morgan fingerprint density at radius 2 is 2.16 bits per heavy atom. The molecule has 1 aromatic heterocycles. The summed E-state index contributed by atoms with van der Waals surface area (Å²) in [5.74, 6) is -0.415. The average molecular weight is 289 g/mol. The molecular formula is C10H19N5O3S. The maximum absolute atomic E-state index is 12.0. The van der Waals surface area contributed by atoms with Crippen molar-refractivity contribution >= 4 is 21.7 Å². The summed E-state index contributed by atoms with van der Waals surface area (Å²) in [6.45, 7) is 2.21. The third-order valence-electron chi connectivity index (χ3n) is 2.41. The first kappa shape index (κ1) is 15.4. The standard InChI is InChI=1S/C10H19N5O3S/c1-4-5-15-7-8(10(11)13-15)19(17,18)12-6-9(16)14(2)3/h7,12H,4-6H2,1-3H3,(H2,11,13). The van der Waals surface area contributed by atoms with Crippen LogP contribution in [0.15, 0.2) is 11.1 Å². The van der Waals surface area contributed by atoms with Gasteiger partial charge in [0.05, 0.1) is 6.54 Å². The minimum Gasteiger partial charge on any atom is -0.381 e. The first-order valence-electron chi connectivity index (χ1n) is 5.80. The van der Waals surface area contributed by atoms with Crippen molar-refractivity contribution in [2.75, 3.05) is 26.4 Å². The van der Waals surface area contributed by atoms with Crippen LogP contribution in [0.1, 0.15) is 13.3 Å². The number of amides is 1. The topological polar surface area (TPSA) is 110 Å². The number of hydrogen-bond acceptors (Lipinski definition) is 5. The van der Waals surface area contributed by atoms with Gasteiger partial charge in [0.25, 0.3) is 0 Å². The molecule has 0 unspecified atom stereocenters. The predicted octanol–water partition coefficient (Wildman–Crippen LogP) is -0.758. The lowest BCUT2D eigenvalue weighted by molar-refractivity contribution is -0.127. The van der Waals surface area contributed by atoms with Crippen molar-refractivity contribution in [3.63, 3.8) is 0 Å². The Morgan fingerprint density at radius 3 is 2.68 bits per heavy atom. The van der Waals surface area contributed by atoms with Gasteiger partial charge in [-0.05, 0) is 6.42 Å². The van der Waals surface area contributed by atoms with E-state index in [1.54, 1.807) is 14.1 Å². The number of anilines is 1. The molecule has 0 saturated carbocycles. The number of carbonyl (C=O) groups excluding carboxylic acids is 1. The smallest absolute Gasteiger partial charge is 0.246 e. The molecule has 0 spiro atoms. The van der Waals surface area contributed by atoms with Gasteiger partial charge < -0.3 is 10.6 Å². The molecule has 0 radical (unpaired) electrons. The molecule has 0 aromatic carbocycles. The molecule has 1 amide bonds. The van der Waals surface area contributed by atoms with Gasteiger partial charge in [-0.3, -0.25) is 9.48 Å². The van der Waals surface area contributed by atoms with Crippen molar-refractivity contribution in [3.05, 3.63) is 6.20 Å². The van der Waals surface area contributed by atoms with Crippen LogP contribution in [-0.2, 0) is 21.4 Å². The van der Waals surface area contributed by atoms with Crippen molar-refractivity contribution in [3.8, 4) is 0 Å². The van der Waals surface area contributed by atoms with Crippen LogP contribution in [0, 0.1) is 0 Å². The van der Waals surface area contributed by atoms with E-state index in [0.717, 1.165) is 6.42 Å². The maximum atomic E-state index is 12.0. The molecule has 3 N–H and O–H groups in total. The van der Waals surface area contributed by atoms with Crippen molar-refractivity contribution in [1.29, 1.82) is 0 Å². The molecule has 9 heteroatoms. The normalized spacial score (nSPS) is 11.5. The van der Waals surface area contributed by atoms with Crippen molar-refractivity contribution in [2.45, 2.75) is 24.8 Å². The molecule has 108 valence electrons. The zero-order valence-electron chi connectivity index (χ0n) is 11.3. The Kier molecular flexibility index (Phi) is 4.90. The third-order valence-corrected chi connectivity index (χ3v) is 3.83. The van der Waals surface area contributed by atoms with Gasteiger partial charge in [0, 0.05) is 26.8 Å². The first-order valence-corrected chi connectivity index (χ1v) is 7.29. The van der Waals surface area contributed by atoms with Crippen LogP contribution in [0.4, 0.5) is 5.82 Å². The van der Waals surface area contributed by atoms with Gasteiger partial charge >= 0.3 is 0 Å². The second-order valence-corrected chi connectivity index (χ2v) is 5.99. The van der Waals surface area contributed by atoms with Crippen LogP contribution in [0.3, 0.4) is 0 Å². The summed E-state index contributed by atoms with van der Waals surface area (Å²) in [5.41, 5.74) is 5.58. The van der Waals surface area contributed by atoms with Gasteiger partial charge in [0.15, 0.2) is 5.82 Å². The lowest BCUT2D eigenvalue weighted by Gasteiger charge is -2.10. The number of aromatic nitrogens is 2. The highest BCUT2D eigenvalue weighted by Gasteiger charge is 2.22. The van der Waals surface area contributed by atoms with E-state index < -0.39 is 10.0 Å². The molecule has 8 nitrogen and oxygen atoms in total. The minimum atomic E-state index is -3.82. The second kappa shape index (κ2) is 6.02. The van der Waals surface area contributed by atoms with E-state index in [2.05, 4.69) is 9.82 Å². The highest BCUT2D eigenvalue weighted by Crippen LogP contribution is 2.15. The van der Waals surface area contributed by atoms with E-state index in [-0.39, 0.29) is 23.2 Å². The second-order valence-electron chi connectivity index (χ2n) is 4.25. The van der Waals surface area contributed by atoms with E-state index in [9.17, 15) is 13.2 Å². The number of nitrogens with one attached hydrogen (secondary N) is 1. The lowest BCUT2D eigenvalue weighted by atomic mass is 10.5. The molecule has 0 saturated heterocycles. The summed E-state index contributed by atoms with van der Waals surface area (Å²) in [6.07, 6.45) is 2.18. The number of carbonyl (C=O) groups is 1. The van der Waals surface area contributed by atoms with Crippen LogP contribution in [0.5, 0.6) is 0 Å². The van der Waals surface area contributed by atoms with Crippen LogP contribution in [-0.4, -0.2) is 49.6 Å². The van der Waals surface area contributed by atoms with Crippen LogP contribution in [0.2, 0.25) is 0 Å². The zero-order valence-corrected chi connectivity index (χ0v) is 12.1. The summed E-state index contributed by atoms with van der Waals surface area (Å²) in [6, 6.07) is 0. The zero-order chi connectivity index (χ0) is 14.6. The summed E-state index contributed by atoms with van der Waals surface area (Å²) in [5, 5.41) is 3.91. The highest BCUT2D eigenvalue weighted by atomic mass is 32.2. The summed E-state index contributed by atoms with van der Waals surface area (Å²) < 4.78 is 27.6. The minimum absolute atomic E-state index is 0.0711. The Balaban J connectivity index is 2.85. The fraction of sp³-hybridized carbons (Fsp3) is 0.600. The highest BCUT2D eigenvalue weighted by molar-refractivity contribution is 7.89. The van der Waals surface area contributed by atoms with Crippen LogP contribution < -0.4 is 10.5 Å². The Bertz CT molecular complexity index is 550. The average Bonchev–Trinajstić information content (AvgIpc) is 2.68. The van der Waals surface area contributed by atoms with Gasteiger partial charge in [0.2, 0.25) is 15.9 Å². The Morgan fingerprint density at radius 1 is 1.53 bits per heavy atom. The third kappa shape index (κ3) is 3.93. The van der Waals surface area contributed by atoms with E-state index in [1.807, 2.05) is 6.92 Å². The molecule has 0 aliphatic rings. The summed E-state index contributed by atoms with van der Waals surface area (Å²) in [4.78, 5) is 12.6. The number of nitrogens with two attached hydrogens (primary N) is 1. The quantitative estimate of drug-likeness (QED) is 0.715. The summed E-state index contributed by atoms with van der Waals surface area (Å²) >= 11 is 0. The van der Waals surface area contributed by atoms with Gasteiger partial charge in [-0.15, -0.1) is 0 Å². The Hall–Kier alpha value is -1.61. The number of rotatable bonds is 6. The fourth-order valence-corrected chi connectivity index (χ4v) is 2.41. The van der Waals surface area contributed by atoms with Gasteiger partial charge in [-0.1, -0.05) is 6.92 Å².